The molecule has 2 aromatic heterocycles. The minimum atomic E-state index is -0.644. The molecule has 204 valence electrons. The quantitative estimate of drug-likeness (QED) is 0.211. The highest BCUT2D eigenvalue weighted by Crippen LogP contribution is 2.34. The highest BCUT2D eigenvalue weighted by molar-refractivity contribution is 6.10. The van der Waals surface area contributed by atoms with E-state index in [0.717, 1.165) is 16.7 Å². The van der Waals surface area contributed by atoms with Gasteiger partial charge in [-0.1, -0.05) is 19.9 Å². The summed E-state index contributed by atoms with van der Waals surface area (Å²) in [5.41, 5.74) is 10.1. The van der Waals surface area contributed by atoms with E-state index >= 15 is 0 Å². The van der Waals surface area contributed by atoms with E-state index in [0.29, 0.717) is 59.1 Å². The van der Waals surface area contributed by atoms with Crippen LogP contribution >= 0.6 is 0 Å². The largest absolute Gasteiger partial charge is 0.489 e. The summed E-state index contributed by atoms with van der Waals surface area (Å²) in [6.45, 7) is 4.91. The lowest BCUT2D eigenvalue weighted by Crippen LogP contribution is -2.27. The molecule has 0 radical (unpaired) electrons. The number of furan rings is 2. The van der Waals surface area contributed by atoms with Gasteiger partial charge in [-0.05, 0) is 84.1 Å². The molecule has 7 nitrogen and oxygen atoms in total. The molecule has 2 heterocycles. The van der Waals surface area contributed by atoms with E-state index in [1.165, 1.54) is 12.1 Å². The van der Waals surface area contributed by atoms with E-state index in [-0.39, 0.29) is 11.5 Å². The molecule has 2 amide bonds. The zero-order valence-corrected chi connectivity index (χ0v) is 22.2. The van der Waals surface area contributed by atoms with Crippen LogP contribution in [0.15, 0.2) is 88.1 Å². The maximum atomic E-state index is 13.5. The average molecular weight is 541 g/mol. The molecule has 5 aromatic rings. The predicted molar refractivity (Wildman–Crippen MR) is 150 cm³/mol. The molecule has 0 atom stereocenters. The zero-order valence-electron chi connectivity index (χ0n) is 22.2. The van der Waals surface area contributed by atoms with Crippen molar-refractivity contribution in [2.75, 3.05) is 6.54 Å². The van der Waals surface area contributed by atoms with Gasteiger partial charge in [0.1, 0.15) is 29.5 Å². The molecule has 8 heteroatoms. The lowest BCUT2D eigenvalue weighted by molar-refractivity contribution is 0.0947. The van der Waals surface area contributed by atoms with Crippen LogP contribution in [0.1, 0.15) is 51.3 Å². The number of hydrogen-bond acceptors (Lipinski definition) is 5. The summed E-state index contributed by atoms with van der Waals surface area (Å²) in [6, 6.07) is 18.5. The van der Waals surface area contributed by atoms with Crippen molar-refractivity contribution >= 4 is 22.8 Å². The fourth-order valence-electron chi connectivity index (χ4n) is 4.46. The Morgan fingerprint density at radius 1 is 0.975 bits per heavy atom. The second-order valence-electron chi connectivity index (χ2n) is 10.1. The summed E-state index contributed by atoms with van der Waals surface area (Å²) in [5, 5.41) is 3.52. The number of carbonyl (C=O) groups is 2. The normalized spacial score (nSPS) is 11.2. The maximum Gasteiger partial charge on any atom is 0.253 e. The van der Waals surface area contributed by atoms with Crippen molar-refractivity contribution in [1.29, 1.82) is 0 Å². The molecule has 0 bridgehead atoms. The minimum Gasteiger partial charge on any atom is -0.489 e. The van der Waals surface area contributed by atoms with Crippen LogP contribution in [-0.4, -0.2) is 18.4 Å². The van der Waals surface area contributed by atoms with E-state index in [2.05, 4.69) is 5.32 Å². The van der Waals surface area contributed by atoms with E-state index in [1.807, 2.05) is 44.2 Å². The van der Waals surface area contributed by atoms with Crippen LogP contribution in [0.3, 0.4) is 0 Å². The van der Waals surface area contributed by atoms with Gasteiger partial charge >= 0.3 is 0 Å². The van der Waals surface area contributed by atoms with E-state index in [9.17, 15) is 14.0 Å². The van der Waals surface area contributed by atoms with Crippen LogP contribution in [-0.2, 0) is 13.0 Å². The van der Waals surface area contributed by atoms with E-state index < -0.39 is 11.7 Å². The van der Waals surface area contributed by atoms with Crippen LogP contribution in [0.25, 0.3) is 22.3 Å². The van der Waals surface area contributed by atoms with Crippen molar-refractivity contribution < 1.29 is 27.6 Å². The molecular weight excluding hydrogens is 511 g/mol. The van der Waals surface area contributed by atoms with Gasteiger partial charge in [0.2, 0.25) is 0 Å². The van der Waals surface area contributed by atoms with Crippen LogP contribution in [0.2, 0.25) is 0 Å². The first kappa shape index (κ1) is 26.7. The van der Waals surface area contributed by atoms with Crippen molar-refractivity contribution in [2.45, 2.75) is 26.9 Å². The fourth-order valence-corrected chi connectivity index (χ4v) is 4.46. The molecule has 0 saturated heterocycles. The molecule has 5 rings (SSSR count). The standard InChI is InChI=1S/C32H29FN2O5/c1-19(2)16-35-32(37)24-12-22(13-26(15-24)39-18-21-9-10-38-17-21)11-20-3-8-28-27(14-20)29(31(34)36)30(40-28)23-4-6-25(33)7-5-23/h3-10,12-15,17,19H,11,16,18H2,1-2H3,(H2,34,36)(H,35,37). The summed E-state index contributed by atoms with van der Waals surface area (Å²) in [7, 11) is 0. The van der Waals surface area contributed by atoms with Gasteiger partial charge in [-0.2, -0.15) is 0 Å². The van der Waals surface area contributed by atoms with Gasteiger partial charge < -0.3 is 24.6 Å². The Morgan fingerprint density at radius 2 is 1.77 bits per heavy atom. The number of fused-ring (bicyclic) bond motifs is 1. The van der Waals surface area contributed by atoms with E-state index in [1.54, 1.807) is 36.8 Å². The van der Waals surface area contributed by atoms with Gasteiger partial charge in [0, 0.05) is 28.6 Å². The summed E-state index contributed by atoms with van der Waals surface area (Å²) in [4.78, 5) is 25.4. The Kier molecular flexibility index (Phi) is 7.68. The lowest BCUT2D eigenvalue weighted by Gasteiger charge is -2.13. The topological polar surface area (TPSA) is 108 Å². The Hall–Kier alpha value is -4.85. The number of halogens is 1. The lowest BCUT2D eigenvalue weighted by atomic mass is 9.99. The fraction of sp³-hybridized carbons (Fsp3) is 0.188. The average Bonchev–Trinajstić information content (AvgIpc) is 3.58. The second-order valence-corrected chi connectivity index (χ2v) is 10.1. The molecular formula is C32H29FN2O5. The van der Waals surface area contributed by atoms with Gasteiger partial charge in [0.15, 0.2) is 0 Å². The van der Waals surface area contributed by atoms with Crippen LogP contribution in [0, 0.1) is 11.7 Å². The summed E-state index contributed by atoms with van der Waals surface area (Å²) < 4.78 is 30.5. The number of amides is 2. The minimum absolute atomic E-state index is 0.186. The van der Waals surface area contributed by atoms with Crippen molar-refractivity contribution in [3.05, 3.63) is 113 Å². The predicted octanol–water partition coefficient (Wildman–Crippen LogP) is 6.49. The third kappa shape index (κ3) is 6.07. The van der Waals surface area contributed by atoms with Crippen molar-refractivity contribution in [3.8, 4) is 17.1 Å². The first-order chi connectivity index (χ1) is 19.3. The van der Waals surface area contributed by atoms with Crippen LogP contribution in [0.4, 0.5) is 4.39 Å². The van der Waals surface area contributed by atoms with Crippen molar-refractivity contribution in [1.82, 2.24) is 5.32 Å². The second kappa shape index (κ2) is 11.5. The van der Waals surface area contributed by atoms with Gasteiger partial charge in [-0.15, -0.1) is 0 Å². The molecule has 40 heavy (non-hydrogen) atoms. The number of hydrogen-bond donors (Lipinski definition) is 2. The number of benzene rings is 3. The van der Waals surface area contributed by atoms with Crippen LogP contribution in [0.5, 0.6) is 5.75 Å². The SMILES string of the molecule is CC(C)CNC(=O)c1cc(Cc2ccc3oc(-c4ccc(F)cc4)c(C(N)=O)c3c2)cc(OCc2ccoc2)c1. The molecule has 0 unspecified atom stereocenters. The molecule has 0 fully saturated rings. The number of primary amides is 1. The maximum absolute atomic E-state index is 13.5. The molecule has 3 aromatic carbocycles. The molecule has 0 aliphatic rings. The summed E-state index contributed by atoms with van der Waals surface area (Å²) in [5.74, 6) is -0.0727. The van der Waals surface area contributed by atoms with Gasteiger partial charge in [0.05, 0.1) is 18.1 Å². The van der Waals surface area contributed by atoms with Gasteiger partial charge in [-0.3, -0.25) is 9.59 Å². The molecule has 0 saturated carbocycles. The van der Waals surface area contributed by atoms with E-state index in [4.69, 9.17) is 19.3 Å². The first-order valence-electron chi connectivity index (χ1n) is 12.9. The molecule has 0 spiro atoms. The smallest absolute Gasteiger partial charge is 0.253 e. The third-order valence-corrected chi connectivity index (χ3v) is 6.40. The Morgan fingerprint density at radius 3 is 2.48 bits per heavy atom. The Balaban J connectivity index is 1.48. The summed E-state index contributed by atoms with van der Waals surface area (Å²) >= 11 is 0. The van der Waals surface area contributed by atoms with Gasteiger partial charge in [-0.25, -0.2) is 4.39 Å². The van der Waals surface area contributed by atoms with Crippen molar-refractivity contribution in [2.24, 2.45) is 11.7 Å². The highest BCUT2D eigenvalue weighted by atomic mass is 19.1. The molecule has 0 aliphatic carbocycles. The number of ether oxygens (including phenoxy) is 1. The Labute approximate surface area is 230 Å². The Bertz CT molecular complexity index is 1650. The summed E-state index contributed by atoms with van der Waals surface area (Å²) in [6.07, 6.45) is 3.64. The zero-order chi connectivity index (χ0) is 28.2. The third-order valence-electron chi connectivity index (χ3n) is 6.40. The molecule has 3 N–H and O–H groups in total. The number of nitrogens with one attached hydrogen (secondary N) is 1. The monoisotopic (exact) mass is 540 g/mol. The van der Waals surface area contributed by atoms with Crippen molar-refractivity contribution in [3.63, 3.8) is 0 Å². The molecule has 0 aliphatic heterocycles. The van der Waals surface area contributed by atoms with Gasteiger partial charge in [0.25, 0.3) is 11.8 Å². The number of rotatable bonds is 10. The first-order valence-corrected chi connectivity index (χ1v) is 12.9. The number of nitrogens with two attached hydrogens (primary N) is 1. The number of carbonyl (C=O) groups excluding carboxylic acids is 2. The van der Waals surface area contributed by atoms with Crippen LogP contribution < -0.4 is 15.8 Å². The highest BCUT2D eigenvalue weighted by Gasteiger charge is 2.21.